The van der Waals surface area contributed by atoms with Crippen LogP contribution in [0.25, 0.3) is 10.9 Å². The number of aromatic nitrogens is 2. The molecule has 0 N–H and O–H groups in total. The molecular formula is C13H10N2OS. The number of benzene rings is 1. The molecule has 3 nitrogen and oxygen atoms in total. The van der Waals surface area contributed by atoms with Crippen LogP contribution in [0, 0.1) is 0 Å². The smallest absolute Gasteiger partial charge is 0.157 e. The van der Waals surface area contributed by atoms with Crippen molar-refractivity contribution in [1.82, 2.24) is 8.96 Å². The number of hydrogen-bond donors (Lipinski definition) is 0. The molecule has 1 aromatic carbocycles. The van der Waals surface area contributed by atoms with Gasteiger partial charge in [0.1, 0.15) is 0 Å². The third-order valence-corrected chi connectivity index (χ3v) is 3.93. The second-order valence-electron chi connectivity index (χ2n) is 3.64. The standard InChI is InChI=1S/C13H10N2OS/c16-17(12-4-2-1-3-5-12)15-9-7-11-6-8-14-10-13(11)15/h1-10H. The van der Waals surface area contributed by atoms with E-state index in [1.165, 1.54) is 0 Å². The Morgan fingerprint density at radius 3 is 2.71 bits per heavy atom. The van der Waals surface area contributed by atoms with E-state index >= 15 is 0 Å². The lowest BCUT2D eigenvalue weighted by atomic mass is 10.3. The van der Waals surface area contributed by atoms with E-state index in [0.717, 1.165) is 15.8 Å². The van der Waals surface area contributed by atoms with Crippen molar-refractivity contribution in [2.45, 2.75) is 4.90 Å². The van der Waals surface area contributed by atoms with Gasteiger partial charge < -0.3 is 0 Å². The van der Waals surface area contributed by atoms with Gasteiger partial charge in [-0.15, -0.1) is 0 Å². The summed E-state index contributed by atoms with van der Waals surface area (Å²) < 4.78 is 14.1. The van der Waals surface area contributed by atoms with Gasteiger partial charge >= 0.3 is 0 Å². The Bertz CT molecular complexity index is 676. The van der Waals surface area contributed by atoms with Crippen LogP contribution in [-0.4, -0.2) is 13.2 Å². The second-order valence-corrected chi connectivity index (χ2v) is 5.00. The van der Waals surface area contributed by atoms with E-state index in [1.54, 1.807) is 16.4 Å². The minimum Gasteiger partial charge on any atom is -0.262 e. The fourth-order valence-corrected chi connectivity index (χ4v) is 2.87. The van der Waals surface area contributed by atoms with Gasteiger partial charge in [-0.3, -0.25) is 8.96 Å². The molecule has 2 heterocycles. The van der Waals surface area contributed by atoms with Crippen LogP contribution in [0.4, 0.5) is 0 Å². The van der Waals surface area contributed by atoms with Crippen LogP contribution in [-0.2, 0) is 11.0 Å². The Morgan fingerprint density at radius 1 is 1.06 bits per heavy atom. The van der Waals surface area contributed by atoms with E-state index in [2.05, 4.69) is 4.98 Å². The zero-order valence-electron chi connectivity index (χ0n) is 8.98. The largest absolute Gasteiger partial charge is 0.262 e. The normalized spacial score (nSPS) is 12.7. The molecule has 0 radical (unpaired) electrons. The molecule has 0 amide bonds. The zero-order chi connectivity index (χ0) is 11.7. The van der Waals surface area contributed by atoms with Crippen molar-refractivity contribution in [2.24, 2.45) is 0 Å². The van der Waals surface area contributed by atoms with E-state index < -0.39 is 11.0 Å². The predicted octanol–water partition coefficient (Wildman–Crippen LogP) is 2.61. The highest BCUT2D eigenvalue weighted by Crippen LogP contribution is 2.18. The maximum Gasteiger partial charge on any atom is 0.157 e. The lowest BCUT2D eigenvalue weighted by Crippen LogP contribution is -2.03. The third-order valence-electron chi connectivity index (χ3n) is 2.58. The van der Waals surface area contributed by atoms with Gasteiger partial charge in [0.15, 0.2) is 11.0 Å². The quantitative estimate of drug-likeness (QED) is 0.692. The molecule has 1 unspecified atom stereocenters. The first-order valence-electron chi connectivity index (χ1n) is 5.24. The monoisotopic (exact) mass is 242 g/mol. The summed E-state index contributed by atoms with van der Waals surface area (Å²) in [5.74, 6) is 0. The Balaban J connectivity index is 2.14. The Morgan fingerprint density at radius 2 is 1.88 bits per heavy atom. The lowest BCUT2D eigenvalue weighted by Gasteiger charge is -2.04. The van der Waals surface area contributed by atoms with Gasteiger partial charge in [-0.1, -0.05) is 18.2 Å². The minimum absolute atomic E-state index is 0.786. The number of hydrogen-bond acceptors (Lipinski definition) is 2. The van der Waals surface area contributed by atoms with Crippen molar-refractivity contribution in [3.05, 3.63) is 61.1 Å². The first-order valence-corrected chi connectivity index (χ1v) is 6.35. The zero-order valence-corrected chi connectivity index (χ0v) is 9.80. The molecule has 3 aromatic rings. The maximum atomic E-state index is 12.4. The van der Waals surface area contributed by atoms with Crippen molar-refractivity contribution < 1.29 is 4.21 Å². The number of fused-ring (bicyclic) bond motifs is 1. The summed E-state index contributed by atoms with van der Waals surface area (Å²) in [6, 6.07) is 13.3. The van der Waals surface area contributed by atoms with Gasteiger partial charge in [0.25, 0.3) is 0 Å². The summed E-state index contributed by atoms with van der Waals surface area (Å²) in [5, 5.41) is 1.05. The summed E-state index contributed by atoms with van der Waals surface area (Å²) >= 11 is 0. The number of nitrogens with zero attached hydrogens (tertiary/aromatic N) is 2. The van der Waals surface area contributed by atoms with Crippen LogP contribution in [0.15, 0.2) is 66.0 Å². The third kappa shape index (κ3) is 1.76. The van der Waals surface area contributed by atoms with Crippen molar-refractivity contribution in [3.8, 4) is 0 Å². The maximum absolute atomic E-state index is 12.4. The van der Waals surface area contributed by atoms with Crippen molar-refractivity contribution >= 4 is 21.9 Å². The summed E-state index contributed by atoms with van der Waals surface area (Å²) in [7, 11) is -1.21. The summed E-state index contributed by atoms with van der Waals surface area (Å²) in [4.78, 5) is 4.85. The van der Waals surface area contributed by atoms with Gasteiger partial charge in [0.2, 0.25) is 0 Å². The highest BCUT2D eigenvalue weighted by Gasteiger charge is 2.08. The number of pyridine rings is 1. The minimum atomic E-state index is -1.21. The average molecular weight is 242 g/mol. The molecule has 4 heteroatoms. The van der Waals surface area contributed by atoms with Crippen molar-refractivity contribution in [3.63, 3.8) is 0 Å². The molecule has 17 heavy (non-hydrogen) atoms. The summed E-state index contributed by atoms with van der Waals surface area (Å²) in [6.45, 7) is 0. The molecule has 1 atom stereocenters. The van der Waals surface area contributed by atoms with Crippen molar-refractivity contribution in [2.75, 3.05) is 0 Å². The molecular weight excluding hydrogens is 232 g/mol. The van der Waals surface area contributed by atoms with Gasteiger partial charge in [-0.25, -0.2) is 4.21 Å². The van der Waals surface area contributed by atoms with Crippen molar-refractivity contribution in [1.29, 1.82) is 0 Å². The molecule has 3 rings (SSSR count). The fraction of sp³-hybridized carbons (Fsp3) is 0. The first kappa shape index (κ1) is 10.2. The Hall–Kier alpha value is -1.94. The number of rotatable bonds is 2. The van der Waals surface area contributed by atoms with Crippen LogP contribution in [0.2, 0.25) is 0 Å². The SMILES string of the molecule is O=S(c1ccccc1)n1ccc2ccncc21. The summed E-state index contributed by atoms with van der Waals surface area (Å²) in [5.41, 5.74) is 0.884. The molecule has 2 aromatic heterocycles. The van der Waals surface area contributed by atoms with E-state index in [4.69, 9.17) is 0 Å². The fourth-order valence-electron chi connectivity index (χ4n) is 1.75. The summed E-state index contributed by atoms with van der Waals surface area (Å²) in [6.07, 6.45) is 5.30. The molecule has 0 spiro atoms. The molecule has 0 aliphatic rings. The molecule has 0 saturated heterocycles. The molecule has 0 aliphatic heterocycles. The lowest BCUT2D eigenvalue weighted by molar-refractivity contribution is 0.678. The van der Waals surface area contributed by atoms with E-state index in [9.17, 15) is 4.21 Å². The molecule has 84 valence electrons. The van der Waals surface area contributed by atoms with Gasteiger partial charge in [-0.2, -0.15) is 0 Å². The van der Waals surface area contributed by atoms with Crippen LogP contribution in [0.5, 0.6) is 0 Å². The molecule has 0 saturated carbocycles. The van der Waals surface area contributed by atoms with Crippen LogP contribution in [0.3, 0.4) is 0 Å². The predicted molar refractivity (Wildman–Crippen MR) is 68.0 cm³/mol. The average Bonchev–Trinajstić information content (AvgIpc) is 2.83. The van der Waals surface area contributed by atoms with Crippen LogP contribution >= 0.6 is 0 Å². The highest BCUT2D eigenvalue weighted by atomic mass is 32.2. The Kier molecular flexibility index (Phi) is 2.49. The Labute approximate surface area is 101 Å². The van der Waals surface area contributed by atoms with E-state index in [1.807, 2.05) is 48.7 Å². The molecule has 0 fully saturated rings. The molecule has 0 bridgehead atoms. The second kappa shape index (κ2) is 4.14. The van der Waals surface area contributed by atoms with E-state index in [0.29, 0.717) is 0 Å². The van der Waals surface area contributed by atoms with Gasteiger partial charge in [-0.05, 0) is 24.3 Å². The van der Waals surface area contributed by atoms with E-state index in [-0.39, 0.29) is 0 Å². The van der Waals surface area contributed by atoms with Gasteiger partial charge in [0, 0.05) is 17.8 Å². The van der Waals surface area contributed by atoms with Crippen LogP contribution < -0.4 is 0 Å². The van der Waals surface area contributed by atoms with Crippen LogP contribution in [0.1, 0.15) is 0 Å². The molecule has 0 aliphatic carbocycles. The first-order chi connectivity index (χ1) is 8.36. The van der Waals surface area contributed by atoms with Gasteiger partial charge in [0.05, 0.1) is 16.6 Å². The highest BCUT2D eigenvalue weighted by molar-refractivity contribution is 7.83. The topological polar surface area (TPSA) is 34.9 Å².